The van der Waals surface area contributed by atoms with E-state index in [9.17, 15) is 4.79 Å². The van der Waals surface area contributed by atoms with Gasteiger partial charge in [0, 0.05) is 32.6 Å². The molecule has 0 bridgehead atoms. The van der Waals surface area contributed by atoms with E-state index in [1.54, 1.807) is 4.90 Å². The number of hydrogen-bond donors (Lipinski definition) is 0. The third-order valence-electron chi connectivity index (χ3n) is 1.87. The van der Waals surface area contributed by atoms with Gasteiger partial charge in [0.15, 0.2) is 0 Å². The molecule has 1 amide bonds. The Morgan fingerprint density at radius 3 is 2.70 bits per heavy atom. The lowest BCUT2D eigenvalue weighted by Gasteiger charge is -2.37. The fraction of sp³-hybridized carbons (Fsp3) is 0.857. The van der Waals surface area contributed by atoms with E-state index in [-0.39, 0.29) is 0 Å². The van der Waals surface area contributed by atoms with E-state index in [4.69, 9.17) is 0 Å². The second-order valence-corrected chi connectivity index (χ2v) is 3.13. The Hall–Kier alpha value is -0.570. The number of likely N-dealkylation sites (tertiary alicyclic amines) is 1. The molecule has 0 saturated carbocycles. The van der Waals surface area contributed by atoms with Crippen LogP contribution in [-0.2, 0) is 4.79 Å². The zero-order valence-electron chi connectivity index (χ0n) is 6.58. The Morgan fingerprint density at radius 1 is 1.70 bits per heavy atom. The van der Waals surface area contributed by atoms with Crippen LogP contribution in [0.25, 0.3) is 0 Å². The minimum absolute atomic E-state index is 0.709. The molecule has 0 aliphatic carbocycles. The molecule has 1 rings (SSSR count). The van der Waals surface area contributed by atoms with Crippen molar-refractivity contribution in [3.05, 3.63) is 0 Å². The first kappa shape index (κ1) is 7.54. The van der Waals surface area contributed by atoms with Gasteiger partial charge >= 0.3 is 0 Å². The molecule has 0 radical (unpaired) electrons. The first-order valence-corrected chi connectivity index (χ1v) is 3.56. The van der Waals surface area contributed by atoms with Crippen molar-refractivity contribution in [3.63, 3.8) is 0 Å². The van der Waals surface area contributed by atoms with Gasteiger partial charge in [0.05, 0.1) is 0 Å². The van der Waals surface area contributed by atoms with Crippen LogP contribution < -0.4 is 0 Å². The summed E-state index contributed by atoms with van der Waals surface area (Å²) in [4.78, 5) is 14.1. The second kappa shape index (κ2) is 3.01. The Bertz CT molecular complexity index is 121. The average Bonchev–Trinajstić information content (AvgIpc) is 1.84. The van der Waals surface area contributed by atoms with Gasteiger partial charge in [-0.25, -0.2) is 0 Å². The van der Waals surface area contributed by atoms with Crippen molar-refractivity contribution in [1.82, 2.24) is 9.80 Å². The maximum absolute atomic E-state index is 10.2. The third kappa shape index (κ3) is 1.70. The number of carbonyl (C=O) groups excluding carboxylic acids is 1. The van der Waals surface area contributed by atoms with Crippen LogP contribution in [0, 0.1) is 5.92 Å². The molecule has 10 heavy (non-hydrogen) atoms. The topological polar surface area (TPSA) is 23.6 Å². The zero-order chi connectivity index (χ0) is 7.56. The fourth-order valence-electron chi connectivity index (χ4n) is 1.39. The van der Waals surface area contributed by atoms with Gasteiger partial charge in [-0.15, -0.1) is 0 Å². The van der Waals surface area contributed by atoms with Crippen molar-refractivity contribution >= 4 is 6.41 Å². The second-order valence-electron chi connectivity index (χ2n) is 3.13. The molecule has 1 heterocycles. The number of carbonyl (C=O) groups is 1. The summed E-state index contributed by atoms with van der Waals surface area (Å²) in [7, 11) is 3.92. The third-order valence-corrected chi connectivity index (χ3v) is 1.87. The Morgan fingerprint density at radius 2 is 2.30 bits per heavy atom. The highest BCUT2D eigenvalue weighted by molar-refractivity contribution is 5.46. The average molecular weight is 142 g/mol. The normalized spacial score (nSPS) is 20.2. The molecule has 3 heteroatoms. The van der Waals surface area contributed by atoms with E-state index >= 15 is 0 Å². The predicted octanol–water partition coefficient (Wildman–Crippen LogP) is -0.364. The Balaban J connectivity index is 2.10. The maximum atomic E-state index is 10.2. The van der Waals surface area contributed by atoms with Crippen LogP contribution in [0.3, 0.4) is 0 Å². The molecule has 0 aromatic rings. The van der Waals surface area contributed by atoms with Crippen LogP contribution in [0.4, 0.5) is 0 Å². The molecule has 0 spiro atoms. The van der Waals surface area contributed by atoms with E-state index in [0.29, 0.717) is 5.92 Å². The fourth-order valence-corrected chi connectivity index (χ4v) is 1.39. The summed E-state index contributed by atoms with van der Waals surface area (Å²) in [6, 6.07) is 0. The van der Waals surface area contributed by atoms with Crippen LogP contribution in [0.15, 0.2) is 0 Å². The van der Waals surface area contributed by atoms with E-state index in [1.165, 1.54) is 0 Å². The zero-order valence-corrected chi connectivity index (χ0v) is 6.58. The number of nitrogens with zero attached hydrogens (tertiary/aromatic N) is 2. The van der Waals surface area contributed by atoms with E-state index in [0.717, 1.165) is 26.0 Å². The first-order chi connectivity index (χ1) is 4.72. The molecule has 0 atom stereocenters. The quantitative estimate of drug-likeness (QED) is 0.502. The van der Waals surface area contributed by atoms with Gasteiger partial charge in [0.25, 0.3) is 0 Å². The van der Waals surface area contributed by atoms with Gasteiger partial charge < -0.3 is 9.80 Å². The van der Waals surface area contributed by atoms with E-state index in [1.807, 2.05) is 7.05 Å². The Kier molecular flexibility index (Phi) is 2.27. The summed E-state index contributed by atoms with van der Waals surface area (Å²) in [5.74, 6) is 0.709. The van der Waals surface area contributed by atoms with Gasteiger partial charge in [-0.1, -0.05) is 0 Å². The smallest absolute Gasteiger partial charge is 0.209 e. The molecule has 1 saturated heterocycles. The van der Waals surface area contributed by atoms with Crippen molar-refractivity contribution in [2.75, 3.05) is 33.7 Å². The van der Waals surface area contributed by atoms with Crippen molar-refractivity contribution in [2.24, 2.45) is 5.92 Å². The van der Waals surface area contributed by atoms with Crippen molar-refractivity contribution in [2.45, 2.75) is 0 Å². The number of rotatable bonds is 3. The van der Waals surface area contributed by atoms with E-state index < -0.39 is 0 Å². The molecular weight excluding hydrogens is 128 g/mol. The highest BCUT2D eigenvalue weighted by Gasteiger charge is 2.23. The van der Waals surface area contributed by atoms with Gasteiger partial charge in [0.1, 0.15) is 0 Å². The summed E-state index contributed by atoms with van der Waals surface area (Å²) in [5, 5.41) is 0. The SMILES string of the molecule is CN(C=O)CC1CN(C)C1. The molecule has 0 N–H and O–H groups in total. The van der Waals surface area contributed by atoms with Crippen LogP contribution in [0.2, 0.25) is 0 Å². The standard InChI is InChI=1S/C7H14N2O/c1-8-3-7(4-8)5-9(2)6-10/h6-7H,3-5H2,1-2H3. The highest BCUT2D eigenvalue weighted by atomic mass is 16.1. The van der Waals surface area contributed by atoms with Crippen LogP contribution >= 0.6 is 0 Å². The van der Waals surface area contributed by atoms with Gasteiger partial charge in [-0.05, 0) is 7.05 Å². The number of hydrogen-bond acceptors (Lipinski definition) is 2. The molecule has 1 aliphatic heterocycles. The van der Waals surface area contributed by atoms with E-state index in [2.05, 4.69) is 11.9 Å². The lowest BCUT2D eigenvalue weighted by Crippen LogP contribution is -2.48. The lowest BCUT2D eigenvalue weighted by atomic mass is 10.0. The molecule has 0 unspecified atom stereocenters. The van der Waals surface area contributed by atoms with Crippen molar-refractivity contribution in [1.29, 1.82) is 0 Å². The van der Waals surface area contributed by atoms with Crippen molar-refractivity contribution < 1.29 is 4.79 Å². The monoisotopic (exact) mass is 142 g/mol. The maximum Gasteiger partial charge on any atom is 0.209 e. The van der Waals surface area contributed by atoms with Crippen molar-refractivity contribution in [3.8, 4) is 0 Å². The van der Waals surface area contributed by atoms with Gasteiger partial charge in [-0.2, -0.15) is 0 Å². The summed E-state index contributed by atoms with van der Waals surface area (Å²) in [6.45, 7) is 3.18. The molecule has 58 valence electrons. The Labute approximate surface area is 61.6 Å². The van der Waals surface area contributed by atoms with Crippen LogP contribution in [-0.4, -0.2) is 49.9 Å². The summed E-state index contributed by atoms with van der Waals surface area (Å²) in [5.41, 5.74) is 0. The summed E-state index contributed by atoms with van der Waals surface area (Å²) in [6.07, 6.45) is 0.887. The lowest BCUT2D eigenvalue weighted by molar-refractivity contribution is -0.118. The minimum Gasteiger partial charge on any atom is -0.348 e. The summed E-state index contributed by atoms with van der Waals surface area (Å²) < 4.78 is 0. The summed E-state index contributed by atoms with van der Waals surface area (Å²) >= 11 is 0. The molecule has 3 nitrogen and oxygen atoms in total. The molecule has 0 aromatic carbocycles. The molecule has 0 aromatic heterocycles. The largest absolute Gasteiger partial charge is 0.348 e. The van der Waals surface area contributed by atoms with Crippen LogP contribution in [0.1, 0.15) is 0 Å². The van der Waals surface area contributed by atoms with Crippen LogP contribution in [0.5, 0.6) is 0 Å². The number of amides is 1. The highest BCUT2D eigenvalue weighted by Crippen LogP contribution is 2.12. The molecule has 1 aliphatic rings. The van der Waals surface area contributed by atoms with Gasteiger partial charge in [-0.3, -0.25) is 4.79 Å². The van der Waals surface area contributed by atoms with Gasteiger partial charge in [0.2, 0.25) is 6.41 Å². The first-order valence-electron chi connectivity index (χ1n) is 3.56. The molecule has 1 fully saturated rings. The molecular formula is C7H14N2O. The predicted molar refractivity (Wildman–Crippen MR) is 39.7 cm³/mol. The minimum atomic E-state index is 0.709.